The molecule has 1 aliphatic heterocycles. The van der Waals surface area contributed by atoms with E-state index in [-0.39, 0.29) is 50.0 Å². The van der Waals surface area contributed by atoms with Gasteiger partial charge in [-0.3, -0.25) is 9.59 Å². The van der Waals surface area contributed by atoms with E-state index in [9.17, 15) is 24.3 Å². The second-order valence-corrected chi connectivity index (χ2v) is 10.6. The van der Waals surface area contributed by atoms with Gasteiger partial charge in [0.05, 0.1) is 36.7 Å². The molecule has 1 aromatic carbocycles. The Morgan fingerprint density at radius 3 is 2.39 bits per heavy atom. The molecule has 2 heterocycles. The molecule has 3 amide bonds. The lowest BCUT2D eigenvalue weighted by molar-refractivity contribution is -0.139. The molecule has 0 fully saturated rings. The van der Waals surface area contributed by atoms with Crippen molar-refractivity contribution in [2.45, 2.75) is 52.7 Å². The molecule has 41 heavy (non-hydrogen) atoms. The van der Waals surface area contributed by atoms with Crippen molar-refractivity contribution in [1.82, 2.24) is 15.6 Å². The highest BCUT2D eigenvalue weighted by Crippen LogP contribution is 2.36. The number of hydrogen-bond acceptors (Lipinski definition) is 8. The van der Waals surface area contributed by atoms with Crippen LogP contribution in [0.1, 0.15) is 67.5 Å². The molecule has 222 valence electrons. The van der Waals surface area contributed by atoms with Crippen molar-refractivity contribution >= 4 is 41.2 Å². The number of anilines is 1. The van der Waals surface area contributed by atoms with Gasteiger partial charge in [0, 0.05) is 30.0 Å². The van der Waals surface area contributed by atoms with E-state index in [1.54, 1.807) is 65.0 Å². The Hall–Kier alpha value is -4.16. The Labute approximate surface area is 238 Å². The first kappa shape index (κ1) is 31.4. The predicted octanol–water partition coefficient (Wildman–Crippen LogP) is 2.86. The average Bonchev–Trinajstić information content (AvgIpc) is 3.40. The minimum Gasteiger partial charge on any atom is -0.462 e. The van der Waals surface area contributed by atoms with E-state index < -0.39 is 29.2 Å². The summed E-state index contributed by atoms with van der Waals surface area (Å²) in [5.74, 6) is -1.55. The zero-order chi connectivity index (χ0) is 30.4. The van der Waals surface area contributed by atoms with E-state index >= 15 is 0 Å². The summed E-state index contributed by atoms with van der Waals surface area (Å²) in [5, 5.41) is 19.1. The van der Waals surface area contributed by atoms with Crippen LogP contribution in [0.3, 0.4) is 0 Å². The van der Waals surface area contributed by atoms with Gasteiger partial charge < -0.3 is 40.3 Å². The first-order valence-corrected chi connectivity index (χ1v) is 13.3. The molecule has 1 aromatic heterocycles. The van der Waals surface area contributed by atoms with Crippen molar-refractivity contribution in [1.29, 1.82) is 0 Å². The SMILES string of the molecule is CCOC(=O)c1cc(C)[nH]c1/C=C1\C(=O)Nc2ccc([C@](C)(O)C(=O)NCCOCCNC(=O)OC(C)(C)C)cc21. The third kappa shape index (κ3) is 8.18. The Bertz CT molecular complexity index is 1340. The second kappa shape index (κ2) is 13.0. The molecular weight excluding hydrogens is 532 g/mol. The van der Waals surface area contributed by atoms with Gasteiger partial charge in [-0.25, -0.2) is 9.59 Å². The number of ether oxygens (including phenoxy) is 3. The number of H-pyrrole nitrogens is 1. The number of aromatic nitrogens is 1. The standard InChI is InChI=1S/C29H38N4O8/c1-7-40-25(35)21-14-17(2)32-23(21)16-20-19-15-18(8-9-22(19)33-24(20)34)29(6,38)26(36)30-10-12-39-13-11-31-27(37)41-28(3,4)5/h8-9,14-16,32,38H,7,10-13H2,1-6H3,(H,30,36)(H,31,37)(H,33,34)/b20-16-/t29-/m0/s1. The molecule has 5 N–H and O–H groups in total. The normalized spacial score (nSPS) is 15.1. The fraction of sp³-hybridized carbons (Fsp3) is 0.448. The fourth-order valence-electron chi connectivity index (χ4n) is 4.06. The molecule has 0 unspecified atom stereocenters. The summed E-state index contributed by atoms with van der Waals surface area (Å²) in [6.07, 6.45) is 1.01. The molecule has 0 radical (unpaired) electrons. The van der Waals surface area contributed by atoms with Crippen LogP contribution in [0.2, 0.25) is 0 Å². The Kier molecular flexibility index (Phi) is 9.95. The minimum absolute atomic E-state index is 0.125. The molecule has 0 bridgehead atoms. The lowest BCUT2D eigenvalue weighted by Crippen LogP contribution is -2.43. The van der Waals surface area contributed by atoms with Crippen LogP contribution in [0.25, 0.3) is 11.6 Å². The van der Waals surface area contributed by atoms with Gasteiger partial charge in [0.2, 0.25) is 0 Å². The highest BCUT2D eigenvalue weighted by atomic mass is 16.6. The van der Waals surface area contributed by atoms with E-state index in [0.717, 1.165) is 5.69 Å². The summed E-state index contributed by atoms with van der Waals surface area (Å²) in [6, 6.07) is 6.38. The van der Waals surface area contributed by atoms with Crippen LogP contribution in [0.15, 0.2) is 24.3 Å². The summed E-state index contributed by atoms with van der Waals surface area (Å²) < 4.78 is 15.7. The van der Waals surface area contributed by atoms with Gasteiger partial charge in [-0.2, -0.15) is 0 Å². The van der Waals surface area contributed by atoms with Crippen LogP contribution < -0.4 is 16.0 Å². The van der Waals surface area contributed by atoms with Gasteiger partial charge in [0.1, 0.15) is 5.60 Å². The van der Waals surface area contributed by atoms with E-state index in [1.807, 2.05) is 0 Å². The minimum atomic E-state index is -1.91. The molecule has 0 aliphatic carbocycles. The quantitative estimate of drug-likeness (QED) is 0.156. The van der Waals surface area contributed by atoms with Crippen molar-refractivity contribution in [3.8, 4) is 0 Å². The number of alkyl carbamates (subject to hydrolysis) is 1. The van der Waals surface area contributed by atoms with Gasteiger partial charge >= 0.3 is 12.1 Å². The largest absolute Gasteiger partial charge is 0.462 e. The van der Waals surface area contributed by atoms with Crippen LogP contribution in [-0.4, -0.2) is 72.5 Å². The maximum atomic E-state index is 12.9. The summed E-state index contributed by atoms with van der Waals surface area (Å²) >= 11 is 0. The van der Waals surface area contributed by atoms with Crippen molar-refractivity contribution in [2.75, 3.05) is 38.2 Å². The van der Waals surface area contributed by atoms with Gasteiger partial charge in [-0.15, -0.1) is 0 Å². The molecule has 12 nitrogen and oxygen atoms in total. The van der Waals surface area contributed by atoms with Gasteiger partial charge in [-0.1, -0.05) is 6.07 Å². The maximum Gasteiger partial charge on any atom is 0.407 e. The number of aliphatic hydroxyl groups is 1. The van der Waals surface area contributed by atoms with E-state index in [2.05, 4.69) is 20.9 Å². The molecule has 1 aliphatic rings. The first-order valence-electron chi connectivity index (χ1n) is 13.3. The molecule has 0 saturated heterocycles. The number of benzene rings is 1. The predicted molar refractivity (Wildman–Crippen MR) is 152 cm³/mol. The molecular formula is C29H38N4O8. The lowest BCUT2D eigenvalue weighted by atomic mass is 9.91. The van der Waals surface area contributed by atoms with Crippen LogP contribution >= 0.6 is 0 Å². The maximum absolute atomic E-state index is 12.9. The van der Waals surface area contributed by atoms with E-state index in [4.69, 9.17) is 14.2 Å². The van der Waals surface area contributed by atoms with Crippen molar-refractivity contribution in [3.05, 3.63) is 52.3 Å². The first-order chi connectivity index (χ1) is 19.2. The summed E-state index contributed by atoms with van der Waals surface area (Å²) in [5.41, 5.74) is 0.436. The van der Waals surface area contributed by atoms with Crippen molar-refractivity contribution in [2.24, 2.45) is 0 Å². The highest BCUT2D eigenvalue weighted by Gasteiger charge is 2.35. The Balaban J connectivity index is 1.63. The average molecular weight is 571 g/mol. The van der Waals surface area contributed by atoms with Gasteiger partial charge in [0.15, 0.2) is 5.60 Å². The molecule has 2 aromatic rings. The zero-order valence-corrected chi connectivity index (χ0v) is 24.2. The highest BCUT2D eigenvalue weighted by molar-refractivity contribution is 6.35. The molecule has 3 rings (SSSR count). The monoisotopic (exact) mass is 570 g/mol. The smallest absolute Gasteiger partial charge is 0.407 e. The Morgan fingerprint density at radius 2 is 1.73 bits per heavy atom. The number of aromatic amines is 1. The number of esters is 1. The van der Waals surface area contributed by atoms with Crippen LogP contribution in [-0.2, 0) is 29.4 Å². The van der Waals surface area contributed by atoms with Crippen LogP contribution in [0.5, 0.6) is 0 Å². The summed E-state index contributed by atoms with van der Waals surface area (Å²) in [6.45, 7) is 11.1. The van der Waals surface area contributed by atoms with E-state index in [1.165, 1.54) is 6.92 Å². The molecule has 12 heteroatoms. The fourth-order valence-corrected chi connectivity index (χ4v) is 4.06. The number of nitrogens with one attached hydrogen (secondary N) is 4. The third-order valence-corrected chi connectivity index (χ3v) is 6.02. The molecule has 1 atom stereocenters. The number of hydrogen-bond donors (Lipinski definition) is 5. The third-order valence-electron chi connectivity index (χ3n) is 6.02. The van der Waals surface area contributed by atoms with Crippen molar-refractivity contribution in [3.63, 3.8) is 0 Å². The van der Waals surface area contributed by atoms with E-state index in [0.29, 0.717) is 22.5 Å². The van der Waals surface area contributed by atoms with Gasteiger partial charge in [-0.05, 0) is 71.4 Å². The van der Waals surface area contributed by atoms with Crippen LogP contribution in [0, 0.1) is 6.92 Å². The molecule has 0 saturated carbocycles. The van der Waals surface area contributed by atoms with Crippen LogP contribution in [0.4, 0.5) is 10.5 Å². The number of rotatable bonds is 11. The number of aryl methyl sites for hydroxylation is 1. The Morgan fingerprint density at radius 1 is 1.05 bits per heavy atom. The number of amides is 3. The second-order valence-electron chi connectivity index (χ2n) is 10.6. The van der Waals surface area contributed by atoms with Crippen molar-refractivity contribution < 1.29 is 38.5 Å². The lowest BCUT2D eigenvalue weighted by Gasteiger charge is -2.23. The topological polar surface area (TPSA) is 168 Å². The van der Waals surface area contributed by atoms with Gasteiger partial charge in [0.25, 0.3) is 11.8 Å². The number of carbonyl (C=O) groups is 4. The molecule has 0 spiro atoms. The number of fused-ring (bicyclic) bond motifs is 1. The zero-order valence-electron chi connectivity index (χ0n) is 24.2. The summed E-state index contributed by atoms with van der Waals surface area (Å²) in [7, 11) is 0. The number of carbonyl (C=O) groups excluding carboxylic acids is 4. The summed E-state index contributed by atoms with van der Waals surface area (Å²) in [4.78, 5) is 52.7.